The van der Waals surface area contributed by atoms with Gasteiger partial charge in [-0.3, -0.25) is 0 Å². The van der Waals surface area contributed by atoms with Crippen molar-refractivity contribution in [3.8, 4) is 11.1 Å². The van der Waals surface area contributed by atoms with Crippen molar-refractivity contribution < 1.29 is 21.1 Å². The van der Waals surface area contributed by atoms with Gasteiger partial charge in [0.15, 0.2) is 0 Å². The molecule has 160 valence electrons. The maximum atomic E-state index is 3.70. The predicted octanol–water partition coefficient (Wildman–Crippen LogP) is 8.10. The molecule has 0 saturated heterocycles. The fourth-order valence-corrected chi connectivity index (χ4v) is 6.32. The van der Waals surface area contributed by atoms with Gasteiger partial charge in [-0.15, -0.1) is 17.5 Å². The van der Waals surface area contributed by atoms with Crippen LogP contribution in [0.3, 0.4) is 0 Å². The Morgan fingerprint density at radius 1 is 0.514 bits per heavy atom. The number of benzene rings is 5. The van der Waals surface area contributed by atoms with Gasteiger partial charge in [0.2, 0.25) is 0 Å². The molecule has 0 bridgehead atoms. The molecular weight excluding hydrogens is 596 g/mol. The Bertz CT molecular complexity index is 2220. The smallest absolute Gasteiger partial charge is 0.425 e. The van der Waals surface area contributed by atoms with Crippen molar-refractivity contribution >= 4 is 65.3 Å². The summed E-state index contributed by atoms with van der Waals surface area (Å²) in [4.78, 5) is 0. The summed E-state index contributed by atoms with van der Waals surface area (Å²) in [6.07, 6.45) is 3.70. The molecule has 5 aromatic carbocycles. The maximum absolute atomic E-state index is 3.70. The van der Waals surface area contributed by atoms with Crippen LogP contribution in [-0.4, -0.2) is 8.80 Å². The first-order valence-electron chi connectivity index (χ1n) is 11.6. The Morgan fingerprint density at radius 3 is 2.06 bits per heavy atom. The Balaban J connectivity index is 0.00000196. The third kappa shape index (κ3) is 2.20. The van der Waals surface area contributed by atoms with E-state index >= 15 is 0 Å². The minimum Gasteiger partial charge on any atom is -0.425 e. The molecule has 0 unspecified atom stereocenters. The number of nitrogens with zero attached hydrogens (tertiary/aromatic N) is 2. The molecule has 3 heteroatoms. The zero-order valence-corrected chi connectivity index (χ0v) is 21.5. The molecule has 9 aromatic rings. The van der Waals surface area contributed by atoms with Gasteiger partial charge in [0.1, 0.15) is 0 Å². The fraction of sp³-hybridized carbons (Fsp3) is 0. The van der Waals surface area contributed by atoms with E-state index in [-0.39, 0.29) is 21.1 Å². The molecule has 0 N–H and O–H groups in total. The van der Waals surface area contributed by atoms with Gasteiger partial charge in [0, 0.05) is 21.5 Å². The van der Waals surface area contributed by atoms with E-state index in [1.165, 1.54) is 65.3 Å². The molecule has 4 heterocycles. The molecule has 2 nitrogen and oxygen atoms in total. The number of para-hydroxylation sites is 3. The van der Waals surface area contributed by atoms with Crippen LogP contribution in [0.15, 0.2) is 97.1 Å². The maximum Gasteiger partial charge on any atom is 2.00 e. The zero-order valence-electron chi connectivity index (χ0n) is 18.5. The fourth-order valence-electron chi connectivity index (χ4n) is 6.32. The van der Waals surface area contributed by atoms with Crippen molar-refractivity contribution in [3.05, 3.63) is 109 Å². The van der Waals surface area contributed by atoms with Crippen LogP contribution >= 0.6 is 0 Å². The third-order valence-electron chi connectivity index (χ3n) is 7.61. The first-order chi connectivity index (χ1) is 16.9. The molecule has 0 amide bonds. The van der Waals surface area contributed by atoms with E-state index in [0.29, 0.717) is 0 Å². The van der Waals surface area contributed by atoms with E-state index < -0.39 is 0 Å². The summed E-state index contributed by atoms with van der Waals surface area (Å²) in [5.74, 6) is 0. The van der Waals surface area contributed by atoms with E-state index in [1.54, 1.807) is 0 Å². The summed E-state index contributed by atoms with van der Waals surface area (Å²) in [6.45, 7) is 0. The van der Waals surface area contributed by atoms with Crippen LogP contribution < -0.4 is 0 Å². The average Bonchev–Trinajstić information content (AvgIpc) is 3.62. The quantitative estimate of drug-likeness (QED) is 0.166. The van der Waals surface area contributed by atoms with Crippen LogP contribution in [0, 0.1) is 12.3 Å². The Labute approximate surface area is 214 Å². The second-order valence-electron chi connectivity index (χ2n) is 9.21. The zero-order chi connectivity index (χ0) is 22.0. The molecular formula is C32H16N2W. The standard InChI is InChI=1S/C32H16N2.W/c1-2-8-19(9-3-1)25-18-33-27-16-17-28-30(29(27)23-13-7-12-22(25)31(23)33)24-14-6-11-21-20-10-4-5-15-26(20)34(28)32(21)24;/h1-8,10-17H;/q-2;+2. The van der Waals surface area contributed by atoms with Crippen LogP contribution in [0.2, 0.25) is 0 Å². The molecule has 0 spiro atoms. The van der Waals surface area contributed by atoms with Crippen LogP contribution in [0.5, 0.6) is 0 Å². The summed E-state index contributed by atoms with van der Waals surface area (Å²) >= 11 is 0. The summed E-state index contributed by atoms with van der Waals surface area (Å²) < 4.78 is 4.72. The Hall–Kier alpha value is -3.87. The summed E-state index contributed by atoms with van der Waals surface area (Å²) in [5, 5.41) is 9.12. The largest absolute Gasteiger partial charge is 2.00 e. The van der Waals surface area contributed by atoms with Crippen molar-refractivity contribution in [2.45, 2.75) is 0 Å². The second-order valence-corrected chi connectivity index (χ2v) is 9.21. The summed E-state index contributed by atoms with van der Waals surface area (Å²) in [5.41, 5.74) is 8.51. The first kappa shape index (κ1) is 19.4. The van der Waals surface area contributed by atoms with Gasteiger partial charge in [0.25, 0.3) is 0 Å². The molecule has 4 aromatic heterocycles. The van der Waals surface area contributed by atoms with Crippen LogP contribution in [0.4, 0.5) is 0 Å². The molecule has 0 atom stereocenters. The SMILES string of the molecule is [W+2].[c-]1ccccc1-c1[c-]n2c3ccc4c(c5cccc6c7ccccc7n4c65)c3c3cccc1c32. The molecule has 0 saturated carbocycles. The van der Waals surface area contributed by atoms with Crippen molar-refractivity contribution in [2.75, 3.05) is 0 Å². The van der Waals surface area contributed by atoms with E-state index in [4.69, 9.17) is 0 Å². The minimum absolute atomic E-state index is 0. The number of rotatable bonds is 1. The van der Waals surface area contributed by atoms with Crippen molar-refractivity contribution in [1.29, 1.82) is 0 Å². The third-order valence-corrected chi connectivity index (χ3v) is 7.61. The predicted molar refractivity (Wildman–Crippen MR) is 141 cm³/mol. The molecule has 0 radical (unpaired) electrons. The summed E-state index contributed by atoms with van der Waals surface area (Å²) in [6, 6.07) is 38.3. The van der Waals surface area contributed by atoms with Gasteiger partial charge in [-0.25, -0.2) is 5.56 Å². The van der Waals surface area contributed by atoms with E-state index in [0.717, 1.165) is 11.1 Å². The van der Waals surface area contributed by atoms with Gasteiger partial charge in [-0.2, -0.15) is 29.8 Å². The second kappa shape index (κ2) is 6.62. The van der Waals surface area contributed by atoms with Gasteiger partial charge in [-0.1, -0.05) is 60.8 Å². The minimum atomic E-state index is 0. The molecule has 9 rings (SSSR count). The Morgan fingerprint density at radius 2 is 1.20 bits per heavy atom. The molecule has 35 heavy (non-hydrogen) atoms. The van der Waals surface area contributed by atoms with Crippen LogP contribution in [0.1, 0.15) is 0 Å². The van der Waals surface area contributed by atoms with Crippen molar-refractivity contribution in [1.82, 2.24) is 8.80 Å². The Kier molecular flexibility index (Phi) is 3.68. The number of hydrogen-bond donors (Lipinski definition) is 0. The van der Waals surface area contributed by atoms with Crippen molar-refractivity contribution in [2.24, 2.45) is 0 Å². The van der Waals surface area contributed by atoms with E-state index in [1.807, 2.05) is 12.1 Å². The number of aromatic nitrogens is 2. The van der Waals surface area contributed by atoms with E-state index in [9.17, 15) is 0 Å². The van der Waals surface area contributed by atoms with Crippen LogP contribution in [-0.2, 0) is 21.1 Å². The summed E-state index contributed by atoms with van der Waals surface area (Å²) in [7, 11) is 0. The molecule has 0 aliphatic carbocycles. The first-order valence-corrected chi connectivity index (χ1v) is 11.6. The van der Waals surface area contributed by atoms with Gasteiger partial charge in [0.05, 0.1) is 16.6 Å². The molecule has 0 aliphatic rings. The molecule has 0 aliphatic heterocycles. The van der Waals surface area contributed by atoms with Gasteiger partial charge >= 0.3 is 21.1 Å². The van der Waals surface area contributed by atoms with Gasteiger partial charge < -0.3 is 8.80 Å². The normalized spacial score (nSPS) is 12.3. The number of hydrogen-bond acceptors (Lipinski definition) is 0. The number of fused-ring (bicyclic) bond motifs is 10. The van der Waals surface area contributed by atoms with E-state index in [2.05, 4.69) is 106 Å². The van der Waals surface area contributed by atoms with Crippen LogP contribution in [0.25, 0.3) is 76.4 Å². The topological polar surface area (TPSA) is 8.82 Å². The molecule has 0 fully saturated rings. The monoisotopic (exact) mass is 612 g/mol. The van der Waals surface area contributed by atoms with Gasteiger partial charge in [-0.05, 0) is 33.9 Å². The average molecular weight is 612 g/mol. The van der Waals surface area contributed by atoms with Crippen molar-refractivity contribution in [3.63, 3.8) is 0 Å².